The van der Waals surface area contributed by atoms with Gasteiger partial charge in [-0.15, -0.1) is 10.2 Å². The van der Waals surface area contributed by atoms with Crippen molar-refractivity contribution in [2.45, 2.75) is 24.5 Å². The topological polar surface area (TPSA) is 223 Å². The molecule has 0 radical (unpaired) electrons. The third-order valence-electron chi connectivity index (χ3n) is 5.30. The molecule has 8 N–H and O–H groups in total. The average Bonchev–Trinajstić information content (AvgIpc) is 3.29. The lowest BCUT2D eigenvalue weighted by Crippen LogP contribution is -2.33. The van der Waals surface area contributed by atoms with Gasteiger partial charge in [0.2, 0.25) is 5.95 Å². The van der Waals surface area contributed by atoms with E-state index in [2.05, 4.69) is 30.2 Å². The van der Waals surface area contributed by atoms with Crippen LogP contribution in [0.3, 0.4) is 0 Å². The van der Waals surface area contributed by atoms with Crippen LogP contribution < -0.4 is 17.0 Å². The molecule has 3 aromatic heterocycles. The number of aromatic nitrogens is 5. The van der Waals surface area contributed by atoms with E-state index in [0.717, 1.165) is 5.39 Å². The van der Waals surface area contributed by atoms with Crippen LogP contribution in [0, 0.1) is 0 Å². The van der Waals surface area contributed by atoms with Crippen molar-refractivity contribution in [1.82, 2.24) is 24.5 Å². The molecule has 4 heterocycles. The summed E-state index contributed by atoms with van der Waals surface area (Å²) in [4.78, 5) is 27.3. The SMILES string of the molecule is Nc1nc2c(nc(/N=N/c3cc(N)c4ccccc4n3)n2[C@@H]2O[C@H](CO)[C@@H](O)[C@H]2O)c(=O)[nH]1. The van der Waals surface area contributed by atoms with Crippen LogP contribution in [0.1, 0.15) is 6.23 Å². The number of nitrogens with one attached hydrogen (secondary N) is 1. The van der Waals surface area contributed by atoms with Crippen LogP contribution in [0.15, 0.2) is 45.4 Å². The molecule has 4 atom stereocenters. The molecule has 0 aliphatic carbocycles. The Hall–Kier alpha value is -3.98. The Labute approximate surface area is 184 Å². The monoisotopic (exact) mass is 453 g/mol. The Bertz CT molecular complexity index is 1450. The number of aromatic amines is 1. The number of fused-ring (bicyclic) bond motifs is 2. The highest BCUT2D eigenvalue weighted by molar-refractivity contribution is 5.91. The van der Waals surface area contributed by atoms with E-state index >= 15 is 0 Å². The number of hydrogen-bond acceptors (Lipinski definition) is 12. The summed E-state index contributed by atoms with van der Waals surface area (Å²) in [6, 6.07) is 8.75. The highest BCUT2D eigenvalue weighted by Crippen LogP contribution is 2.35. The Morgan fingerprint density at radius 1 is 1.12 bits per heavy atom. The number of aliphatic hydroxyl groups excluding tert-OH is 3. The molecule has 0 amide bonds. The number of nitrogen functional groups attached to an aromatic ring is 2. The Kier molecular flexibility index (Phi) is 4.98. The summed E-state index contributed by atoms with van der Waals surface area (Å²) in [5.41, 5.74) is 12.0. The number of hydrogen-bond donors (Lipinski definition) is 6. The number of imidazole rings is 1. The van der Waals surface area contributed by atoms with E-state index < -0.39 is 36.7 Å². The van der Waals surface area contributed by atoms with Crippen molar-refractivity contribution in [1.29, 1.82) is 0 Å². The summed E-state index contributed by atoms with van der Waals surface area (Å²) in [5.74, 6) is -0.197. The van der Waals surface area contributed by atoms with Crippen LogP contribution in [-0.2, 0) is 4.74 Å². The van der Waals surface area contributed by atoms with E-state index in [1.807, 2.05) is 12.1 Å². The predicted molar refractivity (Wildman–Crippen MR) is 116 cm³/mol. The van der Waals surface area contributed by atoms with Gasteiger partial charge in [0.15, 0.2) is 23.2 Å². The summed E-state index contributed by atoms with van der Waals surface area (Å²) in [6.07, 6.45) is -5.23. The van der Waals surface area contributed by atoms with Crippen LogP contribution in [0.25, 0.3) is 22.1 Å². The summed E-state index contributed by atoms with van der Waals surface area (Å²) >= 11 is 0. The van der Waals surface area contributed by atoms with Gasteiger partial charge >= 0.3 is 0 Å². The van der Waals surface area contributed by atoms with Crippen LogP contribution in [0.2, 0.25) is 0 Å². The maximum atomic E-state index is 12.4. The predicted octanol–water partition coefficient (Wildman–Crippen LogP) is -0.141. The first-order valence-electron chi connectivity index (χ1n) is 9.84. The summed E-state index contributed by atoms with van der Waals surface area (Å²) in [5, 5.41) is 39.0. The number of aliphatic hydroxyl groups is 3. The van der Waals surface area contributed by atoms with E-state index in [4.69, 9.17) is 16.2 Å². The third-order valence-corrected chi connectivity index (χ3v) is 5.30. The number of nitrogens with two attached hydrogens (primary N) is 2. The Morgan fingerprint density at radius 2 is 1.91 bits per heavy atom. The molecular weight excluding hydrogens is 434 g/mol. The normalized spacial score (nSPS) is 23.2. The molecule has 170 valence electrons. The number of rotatable bonds is 4. The zero-order chi connectivity index (χ0) is 23.3. The first kappa shape index (κ1) is 20.9. The highest BCUT2D eigenvalue weighted by atomic mass is 16.6. The van der Waals surface area contributed by atoms with E-state index in [1.54, 1.807) is 12.1 Å². The van der Waals surface area contributed by atoms with Gasteiger partial charge in [0, 0.05) is 17.1 Å². The quantitative estimate of drug-likeness (QED) is 0.224. The van der Waals surface area contributed by atoms with Crippen LogP contribution in [0.4, 0.5) is 23.4 Å². The average molecular weight is 453 g/mol. The van der Waals surface area contributed by atoms with E-state index in [0.29, 0.717) is 11.2 Å². The van der Waals surface area contributed by atoms with E-state index in [9.17, 15) is 20.1 Å². The fraction of sp³-hybridized carbons (Fsp3) is 0.263. The molecule has 0 unspecified atom stereocenters. The summed E-state index contributed by atoms with van der Waals surface area (Å²) in [7, 11) is 0. The minimum atomic E-state index is -1.48. The molecule has 4 aromatic rings. The number of pyridine rings is 1. The molecule has 14 heteroatoms. The molecule has 1 aliphatic heterocycles. The van der Waals surface area contributed by atoms with Gasteiger partial charge in [0.05, 0.1) is 12.1 Å². The zero-order valence-electron chi connectivity index (χ0n) is 16.9. The van der Waals surface area contributed by atoms with Crippen molar-refractivity contribution >= 4 is 45.5 Å². The summed E-state index contributed by atoms with van der Waals surface area (Å²) < 4.78 is 6.76. The van der Waals surface area contributed by atoms with Crippen LogP contribution >= 0.6 is 0 Å². The van der Waals surface area contributed by atoms with Crippen molar-refractivity contribution in [2.75, 3.05) is 18.1 Å². The number of H-pyrrole nitrogens is 1. The molecular formula is C19H19N9O5. The lowest BCUT2D eigenvalue weighted by molar-refractivity contribution is -0.0503. The number of anilines is 2. The molecule has 1 fully saturated rings. The molecule has 1 aromatic carbocycles. The molecule has 1 saturated heterocycles. The fourth-order valence-corrected chi connectivity index (χ4v) is 3.72. The maximum absolute atomic E-state index is 12.4. The molecule has 5 rings (SSSR count). The molecule has 14 nitrogen and oxygen atoms in total. The third kappa shape index (κ3) is 3.46. The van der Waals surface area contributed by atoms with Gasteiger partial charge in [-0.25, -0.2) is 9.97 Å². The lowest BCUT2D eigenvalue weighted by Gasteiger charge is -2.17. The molecule has 0 saturated carbocycles. The van der Waals surface area contributed by atoms with Crippen molar-refractivity contribution in [2.24, 2.45) is 10.2 Å². The first-order valence-corrected chi connectivity index (χ1v) is 9.84. The van der Waals surface area contributed by atoms with Crippen molar-refractivity contribution < 1.29 is 20.1 Å². The van der Waals surface area contributed by atoms with Crippen molar-refractivity contribution in [3.05, 3.63) is 40.7 Å². The van der Waals surface area contributed by atoms with Gasteiger partial charge in [-0.1, -0.05) is 18.2 Å². The van der Waals surface area contributed by atoms with E-state index in [-0.39, 0.29) is 28.9 Å². The molecule has 1 aliphatic rings. The number of benzene rings is 1. The molecule has 33 heavy (non-hydrogen) atoms. The number of ether oxygens (including phenoxy) is 1. The Balaban J connectivity index is 1.65. The zero-order valence-corrected chi connectivity index (χ0v) is 16.9. The standard InChI is InChI=1S/C19H19N9O5/c20-8-5-11(22-9-4-2-1-3-7(8)9)26-27-19-23-12-15(24-18(21)25-16(12)32)28(19)17-14(31)13(30)10(6-29)33-17/h1-5,10,13-14,17,29-31H,6H2,(H2,20,22)(H3,21,24,25,32)/b27-26+/t10-,13-,14-,17-/m1/s1. The fourth-order valence-electron chi connectivity index (χ4n) is 3.72. The largest absolute Gasteiger partial charge is 0.398 e. The van der Waals surface area contributed by atoms with Crippen LogP contribution in [0.5, 0.6) is 0 Å². The molecule has 0 spiro atoms. The highest BCUT2D eigenvalue weighted by Gasteiger charge is 2.45. The van der Waals surface area contributed by atoms with Gasteiger partial charge < -0.3 is 31.5 Å². The van der Waals surface area contributed by atoms with Gasteiger partial charge in [-0.2, -0.15) is 4.98 Å². The van der Waals surface area contributed by atoms with Crippen LogP contribution in [-0.4, -0.2) is 64.7 Å². The second-order valence-corrected chi connectivity index (χ2v) is 7.42. The van der Waals surface area contributed by atoms with Gasteiger partial charge in [0.1, 0.15) is 18.3 Å². The van der Waals surface area contributed by atoms with Crippen molar-refractivity contribution in [3.8, 4) is 0 Å². The second kappa shape index (κ2) is 7.86. The summed E-state index contributed by atoms with van der Waals surface area (Å²) in [6.45, 7) is -0.547. The van der Waals surface area contributed by atoms with Gasteiger partial charge in [0.25, 0.3) is 11.5 Å². The van der Waals surface area contributed by atoms with E-state index in [1.165, 1.54) is 10.6 Å². The Morgan fingerprint density at radius 3 is 2.67 bits per heavy atom. The van der Waals surface area contributed by atoms with Gasteiger partial charge in [-0.3, -0.25) is 14.3 Å². The number of azo groups is 1. The maximum Gasteiger partial charge on any atom is 0.280 e. The van der Waals surface area contributed by atoms with Gasteiger partial charge in [-0.05, 0) is 6.07 Å². The lowest BCUT2D eigenvalue weighted by atomic mass is 10.1. The number of nitrogens with zero attached hydrogens (tertiary/aromatic N) is 6. The minimum absolute atomic E-state index is 0.0500. The smallest absolute Gasteiger partial charge is 0.280 e. The molecule has 0 bridgehead atoms. The second-order valence-electron chi connectivity index (χ2n) is 7.42. The first-order chi connectivity index (χ1) is 15.9. The van der Waals surface area contributed by atoms with Crippen molar-refractivity contribution in [3.63, 3.8) is 0 Å². The minimum Gasteiger partial charge on any atom is -0.398 e. The number of para-hydroxylation sites is 1.